The summed E-state index contributed by atoms with van der Waals surface area (Å²) in [6.07, 6.45) is 1.49. The monoisotopic (exact) mass is 390 g/mol. The molecule has 1 fully saturated rings. The van der Waals surface area contributed by atoms with Crippen molar-refractivity contribution in [1.29, 1.82) is 0 Å². The Hall–Kier alpha value is -3.03. The number of likely N-dealkylation sites (tertiary alicyclic amines) is 1. The van der Waals surface area contributed by atoms with Crippen LogP contribution in [0.15, 0.2) is 41.2 Å². The van der Waals surface area contributed by atoms with Crippen LogP contribution < -0.4 is 20.3 Å². The zero-order valence-corrected chi connectivity index (χ0v) is 16.8. The van der Waals surface area contributed by atoms with Crippen LogP contribution in [-0.2, 0) is 7.05 Å². The number of hydrogen-bond donors (Lipinski definition) is 1. The lowest BCUT2D eigenvalue weighted by Crippen LogP contribution is -2.44. The van der Waals surface area contributed by atoms with Crippen LogP contribution in [0.5, 0.6) is 11.5 Å². The van der Waals surface area contributed by atoms with Crippen molar-refractivity contribution in [1.82, 2.24) is 14.7 Å². The van der Waals surface area contributed by atoms with Gasteiger partial charge >= 0.3 is 6.03 Å². The van der Waals surface area contributed by atoms with Crippen LogP contribution in [0.25, 0.3) is 0 Å². The minimum absolute atomic E-state index is 0. The molecule has 3 rings (SSSR count). The van der Waals surface area contributed by atoms with E-state index >= 15 is 0 Å². The summed E-state index contributed by atoms with van der Waals surface area (Å²) in [7, 11) is 3.15. The molecule has 0 unspecified atom stereocenters. The number of rotatable bonds is 4. The summed E-state index contributed by atoms with van der Waals surface area (Å²) in [5.41, 5.74) is -0.225. The number of hydrogen-bond acceptors (Lipinski definition) is 5. The number of nitrogens with zero attached hydrogens (tertiary/aromatic N) is 3. The van der Waals surface area contributed by atoms with E-state index in [4.69, 9.17) is 9.47 Å². The lowest BCUT2D eigenvalue weighted by Gasteiger charge is -2.32. The maximum atomic E-state index is 12.4. The molecule has 8 heteroatoms. The Morgan fingerprint density at radius 2 is 1.79 bits per heavy atom. The third-order valence-electron chi connectivity index (χ3n) is 4.29. The standard InChI is InChI=1S/C18H22N4O4.C2H6.H2/c1-21-17(23)8-7-16(20-21)19-18(24)22-11-9-13(10-12-22)26-15-6-4-3-5-14(15)25-2;1-2;/h3-8,13H,9-12H2,1-2H3,(H,19,20,24);1-2H3;1H. The van der Waals surface area contributed by atoms with E-state index in [0.29, 0.717) is 30.4 Å². The smallest absolute Gasteiger partial charge is 0.323 e. The number of carbonyl (C=O) groups excluding carboxylic acids is 1. The van der Waals surface area contributed by atoms with Crippen LogP contribution >= 0.6 is 0 Å². The van der Waals surface area contributed by atoms with Gasteiger partial charge in [-0.05, 0) is 18.2 Å². The molecule has 0 atom stereocenters. The van der Waals surface area contributed by atoms with Crippen LogP contribution in [0.2, 0.25) is 0 Å². The molecule has 2 aromatic rings. The fourth-order valence-electron chi connectivity index (χ4n) is 2.83. The van der Waals surface area contributed by atoms with Crippen LogP contribution in [-0.4, -0.2) is 47.0 Å². The SMILES string of the molecule is CC.COc1ccccc1OC1CCN(C(=O)Nc2ccc(=O)n(C)n2)CC1.[HH]. The third kappa shape index (κ3) is 5.48. The van der Waals surface area contributed by atoms with Crippen molar-refractivity contribution >= 4 is 11.8 Å². The van der Waals surface area contributed by atoms with E-state index in [1.165, 1.54) is 16.8 Å². The largest absolute Gasteiger partial charge is 0.493 e. The molecule has 8 nitrogen and oxygen atoms in total. The zero-order valence-electron chi connectivity index (χ0n) is 16.8. The quantitative estimate of drug-likeness (QED) is 0.867. The van der Waals surface area contributed by atoms with Crippen molar-refractivity contribution in [2.75, 3.05) is 25.5 Å². The highest BCUT2D eigenvalue weighted by molar-refractivity contribution is 5.88. The maximum Gasteiger partial charge on any atom is 0.323 e. The number of carbonyl (C=O) groups is 1. The van der Waals surface area contributed by atoms with Crippen LogP contribution in [0.1, 0.15) is 28.1 Å². The molecule has 28 heavy (non-hydrogen) atoms. The van der Waals surface area contributed by atoms with Gasteiger partial charge in [-0.25, -0.2) is 9.48 Å². The number of aromatic nitrogens is 2. The number of benzene rings is 1. The van der Waals surface area contributed by atoms with Gasteiger partial charge in [0.1, 0.15) is 6.10 Å². The first-order chi connectivity index (χ1) is 13.6. The molecule has 2 amide bonds. The van der Waals surface area contributed by atoms with Gasteiger partial charge in [-0.1, -0.05) is 26.0 Å². The third-order valence-corrected chi connectivity index (χ3v) is 4.29. The second kappa shape index (κ2) is 10.3. The van der Waals surface area contributed by atoms with E-state index in [0.717, 1.165) is 12.8 Å². The van der Waals surface area contributed by atoms with Crippen molar-refractivity contribution in [3.8, 4) is 11.5 Å². The summed E-state index contributed by atoms with van der Waals surface area (Å²) in [6, 6.07) is 10.2. The van der Waals surface area contributed by atoms with E-state index < -0.39 is 0 Å². The predicted molar refractivity (Wildman–Crippen MR) is 110 cm³/mol. The van der Waals surface area contributed by atoms with E-state index in [1.807, 2.05) is 38.1 Å². The van der Waals surface area contributed by atoms with Crippen LogP contribution in [0.3, 0.4) is 0 Å². The molecule has 2 heterocycles. The Kier molecular flexibility index (Phi) is 7.86. The highest BCUT2D eigenvalue weighted by Gasteiger charge is 2.25. The van der Waals surface area contributed by atoms with Crippen molar-refractivity contribution in [3.63, 3.8) is 0 Å². The number of aryl methyl sites for hydroxylation is 1. The lowest BCUT2D eigenvalue weighted by atomic mass is 10.1. The van der Waals surface area contributed by atoms with Gasteiger partial charge in [0.25, 0.3) is 5.56 Å². The maximum absolute atomic E-state index is 12.4. The Bertz CT molecular complexity index is 835. The Morgan fingerprint density at radius 3 is 2.39 bits per heavy atom. The molecular weight excluding hydrogens is 360 g/mol. The molecule has 1 aliphatic heterocycles. The molecule has 1 N–H and O–H groups in total. The van der Waals surface area contributed by atoms with Gasteiger partial charge in [0.15, 0.2) is 17.3 Å². The number of para-hydroxylation sites is 2. The molecule has 1 saturated heterocycles. The summed E-state index contributed by atoms with van der Waals surface area (Å²) in [6.45, 7) is 5.16. The summed E-state index contributed by atoms with van der Waals surface area (Å²) < 4.78 is 12.5. The van der Waals surface area contributed by atoms with Crippen molar-refractivity contribution in [2.24, 2.45) is 7.05 Å². The fraction of sp³-hybridized carbons (Fsp3) is 0.450. The zero-order chi connectivity index (χ0) is 20.5. The normalized spacial score (nSPS) is 13.9. The molecule has 0 spiro atoms. The molecule has 154 valence electrons. The summed E-state index contributed by atoms with van der Waals surface area (Å²) >= 11 is 0. The average molecular weight is 390 g/mol. The van der Waals surface area contributed by atoms with E-state index in [9.17, 15) is 9.59 Å². The molecule has 0 saturated carbocycles. The number of urea groups is 1. The predicted octanol–water partition coefficient (Wildman–Crippen LogP) is 3.14. The highest BCUT2D eigenvalue weighted by Crippen LogP contribution is 2.29. The lowest BCUT2D eigenvalue weighted by molar-refractivity contribution is 0.112. The topological polar surface area (TPSA) is 85.7 Å². The van der Waals surface area contributed by atoms with E-state index in [-0.39, 0.29) is 19.1 Å². The fourth-order valence-corrected chi connectivity index (χ4v) is 2.83. The minimum Gasteiger partial charge on any atom is -0.493 e. The highest BCUT2D eigenvalue weighted by atomic mass is 16.5. The molecular formula is C20H30N4O4. The van der Waals surface area contributed by atoms with E-state index in [2.05, 4.69) is 10.4 Å². The van der Waals surface area contributed by atoms with Crippen molar-refractivity contribution in [2.45, 2.75) is 32.8 Å². The van der Waals surface area contributed by atoms with E-state index in [1.54, 1.807) is 19.1 Å². The second-order valence-corrected chi connectivity index (χ2v) is 6.07. The number of piperidine rings is 1. The first-order valence-corrected chi connectivity index (χ1v) is 9.47. The Morgan fingerprint density at radius 1 is 1.14 bits per heavy atom. The van der Waals surface area contributed by atoms with Gasteiger partial charge < -0.3 is 14.4 Å². The molecule has 0 aliphatic carbocycles. The number of methoxy groups -OCH3 is 1. The number of ether oxygens (including phenoxy) is 2. The van der Waals surface area contributed by atoms with Gasteiger partial charge in [-0.3, -0.25) is 10.1 Å². The summed E-state index contributed by atoms with van der Waals surface area (Å²) in [5, 5.41) is 6.72. The summed E-state index contributed by atoms with van der Waals surface area (Å²) in [4.78, 5) is 25.4. The molecule has 0 radical (unpaired) electrons. The number of anilines is 1. The van der Waals surface area contributed by atoms with Crippen LogP contribution in [0.4, 0.5) is 10.6 Å². The second-order valence-electron chi connectivity index (χ2n) is 6.07. The number of nitrogens with one attached hydrogen (secondary N) is 1. The number of amides is 2. The first-order valence-electron chi connectivity index (χ1n) is 9.47. The van der Waals surface area contributed by atoms with Crippen LogP contribution in [0, 0.1) is 0 Å². The molecule has 0 bridgehead atoms. The minimum atomic E-state index is -0.230. The van der Waals surface area contributed by atoms with Crippen molar-refractivity contribution in [3.05, 3.63) is 46.8 Å². The van der Waals surface area contributed by atoms with Crippen molar-refractivity contribution < 1.29 is 15.7 Å². The van der Waals surface area contributed by atoms with Gasteiger partial charge in [0.05, 0.1) is 7.11 Å². The average Bonchev–Trinajstić information content (AvgIpc) is 2.73. The van der Waals surface area contributed by atoms with Gasteiger partial charge in [-0.15, -0.1) is 0 Å². The Balaban J connectivity index is 0.00000136. The first kappa shape index (κ1) is 21.3. The Labute approximate surface area is 166 Å². The molecule has 1 aromatic heterocycles. The van der Waals surface area contributed by atoms with Gasteiger partial charge in [0.2, 0.25) is 0 Å². The summed E-state index contributed by atoms with van der Waals surface area (Å²) in [5.74, 6) is 1.77. The van der Waals surface area contributed by atoms with Gasteiger partial charge in [0, 0.05) is 40.5 Å². The van der Waals surface area contributed by atoms with Gasteiger partial charge in [-0.2, -0.15) is 5.10 Å². The molecule has 1 aliphatic rings. The molecule has 1 aromatic carbocycles.